The van der Waals surface area contributed by atoms with Crippen LogP contribution in [-0.2, 0) is 23.5 Å². The number of benzene rings is 1. The molecular formula is C17H21N7O. The molecule has 0 aliphatic rings. The Morgan fingerprint density at radius 1 is 1.00 bits per heavy atom. The van der Waals surface area contributed by atoms with Gasteiger partial charge in [0.1, 0.15) is 5.69 Å². The summed E-state index contributed by atoms with van der Waals surface area (Å²) in [5.41, 5.74) is 2.27. The summed E-state index contributed by atoms with van der Waals surface area (Å²) in [6, 6.07) is 7.90. The van der Waals surface area contributed by atoms with Crippen molar-refractivity contribution in [3.8, 4) is 11.4 Å². The largest absolute Gasteiger partial charge is 0.364 e. The van der Waals surface area contributed by atoms with E-state index in [1.807, 2.05) is 51.2 Å². The molecule has 0 N–H and O–H groups in total. The van der Waals surface area contributed by atoms with Crippen LogP contribution in [0.5, 0.6) is 0 Å². The third kappa shape index (κ3) is 4.03. The third-order valence-corrected chi connectivity index (χ3v) is 3.91. The van der Waals surface area contributed by atoms with Gasteiger partial charge in [0.15, 0.2) is 5.82 Å². The monoisotopic (exact) mass is 339 g/mol. The van der Waals surface area contributed by atoms with Gasteiger partial charge in [0.2, 0.25) is 5.82 Å². The van der Waals surface area contributed by atoms with Gasteiger partial charge in [-0.15, -0.1) is 25.5 Å². The van der Waals surface area contributed by atoms with Crippen molar-refractivity contribution < 1.29 is 4.74 Å². The zero-order chi connectivity index (χ0) is 17.9. The number of rotatable bonds is 6. The molecule has 2 heterocycles. The number of aryl methyl sites for hydroxylation is 2. The molecule has 130 valence electrons. The van der Waals surface area contributed by atoms with E-state index in [1.165, 1.54) is 0 Å². The summed E-state index contributed by atoms with van der Waals surface area (Å²) in [5, 5.41) is 24.1. The van der Waals surface area contributed by atoms with Crippen LogP contribution < -0.4 is 0 Å². The standard InChI is InChI=1S/C17H21N7O/c1-5-24-10-15(20-23-24)11-25-17(3,4)14-8-6-13(7-9-14)16-21-18-12(2)19-22-16/h6-10H,5,11H2,1-4H3. The van der Waals surface area contributed by atoms with Crippen LogP contribution >= 0.6 is 0 Å². The molecule has 25 heavy (non-hydrogen) atoms. The Balaban J connectivity index is 1.70. The Kier molecular flexibility index (Phi) is 4.80. The van der Waals surface area contributed by atoms with Crippen molar-refractivity contribution in [3.63, 3.8) is 0 Å². The Labute approximate surface area is 146 Å². The van der Waals surface area contributed by atoms with E-state index < -0.39 is 5.60 Å². The molecule has 0 fully saturated rings. The lowest BCUT2D eigenvalue weighted by Crippen LogP contribution is -2.21. The topological polar surface area (TPSA) is 91.5 Å². The molecule has 0 amide bonds. The predicted octanol–water partition coefficient (Wildman–Crippen LogP) is 2.31. The molecule has 0 spiro atoms. The average Bonchev–Trinajstić information content (AvgIpc) is 3.09. The molecule has 8 heteroatoms. The lowest BCUT2D eigenvalue weighted by atomic mass is 9.97. The Bertz CT molecular complexity index is 825. The van der Waals surface area contributed by atoms with E-state index in [0.29, 0.717) is 18.3 Å². The minimum Gasteiger partial charge on any atom is -0.364 e. The van der Waals surface area contributed by atoms with Gasteiger partial charge in [-0.2, -0.15) is 0 Å². The van der Waals surface area contributed by atoms with E-state index in [0.717, 1.165) is 23.4 Å². The van der Waals surface area contributed by atoms with Crippen LogP contribution in [-0.4, -0.2) is 35.4 Å². The summed E-state index contributed by atoms with van der Waals surface area (Å²) in [7, 11) is 0. The normalized spacial score (nSPS) is 11.7. The van der Waals surface area contributed by atoms with Gasteiger partial charge in [-0.3, -0.25) is 4.68 Å². The first-order chi connectivity index (χ1) is 12.0. The number of hydrogen-bond donors (Lipinski definition) is 0. The second-order valence-corrected chi connectivity index (χ2v) is 6.21. The second-order valence-electron chi connectivity index (χ2n) is 6.21. The zero-order valence-electron chi connectivity index (χ0n) is 14.8. The molecule has 8 nitrogen and oxygen atoms in total. The molecular weight excluding hydrogens is 318 g/mol. The van der Waals surface area contributed by atoms with Crippen LogP contribution in [0, 0.1) is 6.92 Å². The zero-order valence-corrected chi connectivity index (χ0v) is 14.8. The molecule has 0 saturated heterocycles. The highest BCUT2D eigenvalue weighted by Crippen LogP contribution is 2.27. The number of hydrogen-bond acceptors (Lipinski definition) is 7. The van der Waals surface area contributed by atoms with Gasteiger partial charge < -0.3 is 4.74 Å². The van der Waals surface area contributed by atoms with Gasteiger partial charge >= 0.3 is 0 Å². The van der Waals surface area contributed by atoms with E-state index in [1.54, 1.807) is 11.6 Å². The maximum Gasteiger partial charge on any atom is 0.203 e. The maximum absolute atomic E-state index is 6.05. The molecule has 2 aromatic heterocycles. The van der Waals surface area contributed by atoms with Crippen molar-refractivity contribution in [1.29, 1.82) is 0 Å². The van der Waals surface area contributed by atoms with Crippen LogP contribution in [0.3, 0.4) is 0 Å². The minimum absolute atomic E-state index is 0.406. The van der Waals surface area contributed by atoms with E-state index in [2.05, 4.69) is 30.7 Å². The highest BCUT2D eigenvalue weighted by atomic mass is 16.5. The van der Waals surface area contributed by atoms with Gasteiger partial charge in [-0.05, 0) is 33.3 Å². The Morgan fingerprint density at radius 3 is 2.28 bits per heavy atom. The smallest absolute Gasteiger partial charge is 0.203 e. The highest BCUT2D eigenvalue weighted by Gasteiger charge is 2.22. The molecule has 0 saturated carbocycles. The van der Waals surface area contributed by atoms with Gasteiger partial charge in [-0.25, -0.2) is 0 Å². The molecule has 0 radical (unpaired) electrons. The van der Waals surface area contributed by atoms with E-state index in [4.69, 9.17) is 4.74 Å². The summed E-state index contributed by atoms with van der Waals surface area (Å²) in [4.78, 5) is 0. The van der Waals surface area contributed by atoms with E-state index >= 15 is 0 Å². The summed E-state index contributed by atoms with van der Waals surface area (Å²) in [6.45, 7) is 9.03. The van der Waals surface area contributed by atoms with Gasteiger partial charge in [0.25, 0.3) is 0 Å². The molecule has 0 unspecified atom stereocenters. The molecule has 0 aliphatic carbocycles. The Hall–Kier alpha value is -2.74. The number of ether oxygens (including phenoxy) is 1. The molecule has 0 bridgehead atoms. The van der Waals surface area contributed by atoms with Crippen LogP contribution in [0.25, 0.3) is 11.4 Å². The Morgan fingerprint density at radius 2 is 1.68 bits per heavy atom. The van der Waals surface area contributed by atoms with Gasteiger partial charge in [-0.1, -0.05) is 29.5 Å². The molecule has 3 aromatic rings. The van der Waals surface area contributed by atoms with Crippen molar-refractivity contribution in [2.24, 2.45) is 0 Å². The average molecular weight is 339 g/mol. The first-order valence-electron chi connectivity index (χ1n) is 8.16. The summed E-state index contributed by atoms with van der Waals surface area (Å²) in [6.07, 6.45) is 1.90. The van der Waals surface area contributed by atoms with Crippen LogP contribution in [0.1, 0.15) is 37.9 Å². The van der Waals surface area contributed by atoms with Crippen molar-refractivity contribution in [1.82, 2.24) is 35.4 Å². The highest BCUT2D eigenvalue weighted by molar-refractivity contribution is 5.54. The molecule has 1 aromatic carbocycles. The summed E-state index contributed by atoms with van der Waals surface area (Å²) in [5.74, 6) is 1.06. The van der Waals surface area contributed by atoms with Crippen molar-refractivity contribution in [2.75, 3.05) is 0 Å². The fraction of sp³-hybridized carbons (Fsp3) is 0.412. The second kappa shape index (κ2) is 7.02. The molecule has 0 aliphatic heterocycles. The predicted molar refractivity (Wildman–Crippen MR) is 91.3 cm³/mol. The van der Waals surface area contributed by atoms with E-state index in [9.17, 15) is 0 Å². The first-order valence-corrected chi connectivity index (χ1v) is 8.16. The van der Waals surface area contributed by atoms with Gasteiger partial charge in [0.05, 0.1) is 18.4 Å². The van der Waals surface area contributed by atoms with Crippen molar-refractivity contribution >= 4 is 0 Å². The van der Waals surface area contributed by atoms with E-state index in [-0.39, 0.29) is 0 Å². The third-order valence-electron chi connectivity index (χ3n) is 3.91. The fourth-order valence-electron chi connectivity index (χ4n) is 2.31. The summed E-state index contributed by atoms with van der Waals surface area (Å²) >= 11 is 0. The van der Waals surface area contributed by atoms with Gasteiger partial charge in [0, 0.05) is 12.1 Å². The lowest BCUT2D eigenvalue weighted by molar-refractivity contribution is -0.0351. The summed E-state index contributed by atoms with van der Waals surface area (Å²) < 4.78 is 7.83. The number of nitrogens with zero attached hydrogens (tertiary/aromatic N) is 7. The quantitative estimate of drug-likeness (QED) is 0.680. The minimum atomic E-state index is -0.459. The van der Waals surface area contributed by atoms with Crippen LogP contribution in [0.2, 0.25) is 0 Å². The first kappa shape index (κ1) is 17.1. The molecule has 3 rings (SSSR count). The maximum atomic E-state index is 6.05. The van der Waals surface area contributed by atoms with Crippen LogP contribution in [0.4, 0.5) is 0 Å². The number of aromatic nitrogens is 7. The van der Waals surface area contributed by atoms with Crippen molar-refractivity contribution in [2.45, 2.75) is 46.4 Å². The van der Waals surface area contributed by atoms with Crippen molar-refractivity contribution in [3.05, 3.63) is 47.5 Å². The van der Waals surface area contributed by atoms with Crippen LogP contribution in [0.15, 0.2) is 30.5 Å². The SMILES string of the molecule is CCn1cc(COC(C)(C)c2ccc(-c3nnc(C)nn3)cc2)nn1. The lowest BCUT2D eigenvalue weighted by Gasteiger charge is -2.25. The fourth-order valence-corrected chi connectivity index (χ4v) is 2.31. The molecule has 0 atom stereocenters.